The summed E-state index contributed by atoms with van der Waals surface area (Å²) in [5.74, 6) is 0.370. The van der Waals surface area contributed by atoms with Crippen molar-refractivity contribution in [3.63, 3.8) is 0 Å². The molecule has 0 spiro atoms. The summed E-state index contributed by atoms with van der Waals surface area (Å²) in [5.41, 5.74) is 0.555. The second-order valence-electron chi connectivity index (χ2n) is 6.79. The first-order valence-corrected chi connectivity index (χ1v) is 9.13. The third-order valence-electron chi connectivity index (χ3n) is 4.75. The van der Waals surface area contributed by atoms with Gasteiger partial charge in [0.15, 0.2) is 0 Å². The highest BCUT2D eigenvalue weighted by Gasteiger charge is 2.31. The van der Waals surface area contributed by atoms with Crippen LogP contribution in [0.2, 0.25) is 0 Å². The van der Waals surface area contributed by atoms with Gasteiger partial charge in [0.2, 0.25) is 0 Å². The van der Waals surface area contributed by atoms with Gasteiger partial charge >= 0.3 is 12.4 Å². The molecule has 0 amide bonds. The van der Waals surface area contributed by atoms with E-state index in [0.717, 1.165) is 24.3 Å². The molecule has 0 radical (unpaired) electrons. The zero-order chi connectivity index (χ0) is 22.2. The molecule has 1 aromatic heterocycles. The van der Waals surface area contributed by atoms with Crippen molar-refractivity contribution in [3.8, 4) is 28.3 Å². The Morgan fingerprint density at radius 3 is 1.55 bits per heavy atom. The van der Waals surface area contributed by atoms with Gasteiger partial charge in [0.25, 0.3) is 0 Å². The zero-order valence-electron chi connectivity index (χ0n) is 15.7. The monoisotopic (exact) mass is 432 g/mol. The van der Waals surface area contributed by atoms with Gasteiger partial charge < -0.3 is 0 Å². The molecule has 0 aliphatic carbocycles. The second kappa shape index (κ2) is 7.61. The highest BCUT2D eigenvalue weighted by atomic mass is 19.4. The molecule has 2 nitrogen and oxygen atoms in total. The van der Waals surface area contributed by atoms with Crippen LogP contribution in [0, 0.1) is 0 Å². The first-order valence-electron chi connectivity index (χ1n) is 9.13. The van der Waals surface area contributed by atoms with Gasteiger partial charge in [-0.05, 0) is 36.4 Å². The highest BCUT2D eigenvalue weighted by Crippen LogP contribution is 2.35. The molecule has 158 valence electrons. The highest BCUT2D eigenvalue weighted by molar-refractivity contribution is 5.70. The average molecular weight is 432 g/mol. The van der Waals surface area contributed by atoms with E-state index < -0.39 is 23.5 Å². The average Bonchev–Trinajstić information content (AvgIpc) is 3.18. The lowest BCUT2D eigenvalue weighted by Gasteiger charge is -2.14. The van der Waals surface area contributed by atoms with Crippen LogP contribution in [0.25, 0.3) is 28.3 Å². The van der Waals surface area contributed by atoms with Crippen molar-refractivity contribution in [1.29, 1.82) is 0 Å². The fourth-order valence-electron chi connectivity index (χ4n) is 3.24. The standard InChI is InChI=1S/C23H14F6N2/c24-22(25,26)17-10-6-15(7-11-17)20-14-30-21(31(20)19-4-2-1-3-5-19)16-8-12-18(13-9-16)23(27,28)29/h1-14H. The van der Waals surface area contributed by atoms with E-state index in [0.29, 0.717) is 28.3 Å². The van der Waals surface area contributed by atoms with Crippen molar-refractivity contribution in [3.05, 3.63) is 96.2 Å². The van der Waals surface area contributed by atoms with E-state index in [1.807, 2.05) is 0 Å². The molecule has 0 saturated carbocycles. The van der Waals surface area contributed by atoms with Crippen molar-refractivity contribution in [2.24, 2.45) is 0 Å². The Bertz CT molecular complexity index is 1100. The van der Waals surface area contributed by atoms with E-state index in [1.165, 1.54) is 30.5 Å². The third kappa shape index (κ3) is 4.19. The molecule has 1 heterocycles. The van der Waals surface area contributed by atoms with Gasteiger partial charge in [-0.1, -0.05) is 42.5 Å². The Morgan fingerprint density at radius 2 is 1.06 bits per heavy atom. The Kier molecular flexibility index (Phi) is 5.08. The number of halogens is 6. The summed E-state index contributed by atoms with van der Waals surface area (Å²) in [6, 6.07) is 18.2. The van der Waals surface area contributed by atoms with Crippen molar-refractivity contribution >= 4 is 0 Å². The van der Waals surface area contributed by atoms with E-state index in [2.05, 4.69) is 4.98 Å². The number of hydrogen-bond donors (Lipinski definition) is 0. The number of hydrogen-bond acceptors (Lipinski definition) is 1. The number of alkyl halides is 6. The van der Waals surface area contributed by atoms with Gasteiger partial charge in [0.05, 0.1) is 23.0 Å². The molecule has 0 aliphatic heterocycles. The summed E-state index contributed by atoms with van der Waals surface area (Å²) in [5, 5.41) is 0. The molecule has 3 aromatic carbocycles. The molecule has 0 unspecified atom stereocenters. The number of benzene rings is 3. The first kappa shape index (κ1) is 20.7. The van der Waals surface area contributed by atoms with Crippen molar-refractivity contribution in [2.75, 3.05) is 0 Å². The number of rotatable bonds is 3. The van der Waals surface area contributed by atoms with Crippen LogP contribution in [0.3, 0.4) is 0 Å². The largest absolute Gasteiger partial charge is 0.416 e. The lowest BCUT2D eigenvalue weighted by atomic mass is 10.1. The quantitative estimate of drug-likeness (QED) is 0.312. The van der Waals surface area contributed by atoms with Gasteiger partial charge in [-0.3, -0.25) is 4.57 Å². The molecular formula is C23H14F6N2. The normalized spacial score (nSPS) is 12.2. The van der Waals surface area contributed by atoms with E-state index in [4.69, 9.17) is 0 Å². The molecule has 0 atom stereocenters. The van der Waals surface area contributed by atoms with Gasteiger partial charge in [0.1, 0.15) is 5.82 Å². The van der Waals surface area contributed by atoms with Gasteiger partial charge in [0, 0.05) is 16.8 Å². The van der Waals surface area contributed by atoms with Crippen LogP contribution in [0.15, 0.2) is 85.1 Å². The Morgan fingerprint density at radius 1 is 0.581 bits per heavy atom. The van der Waals surface area contributed by atoms with Crippen LogP contribution in [0.5, 0.6) is 0 Å². The SMILES string of the molecule is FC(F)(F)c1ccc(-c2cnc(-c3ccc(C(F)(F)F)cc3)n2-c2ccccc2)cc1. The van der Waals surface area contributed by atoms with Crippen LogP contribution in [0.4, 0.5) is 26.3 Å². The minimum absolute atomic E-state index is 0.370. The number of nitrogens with zero attached hydrogens (tertiary/aromatic N) is 2. The smallest absolute Gasteiger partial charge is 0.292 e. The van der Waals surface area contributed by atoms with Crippen LogP contribution >= 0.6 is 0 Å². The van der Waals surface area contributed by atoms with E-state index in [9.17, 15) is 26.3 Å². The summed E-state index contributed by atoms with van der Waals surface area (Å²) in [7, 11) is 0. The minimum Gasteiger partial charge on any atom is -0.292 e. The van der Waals surface area contributed by atoms with Crippen molar-refractivity contribution in [2.45, 2.75) is 12.4 Å². The topological polar surface area (TPSA) is 17.8 Å². The predicted molar refractivity (Wildman–Crippen MR) is 104 cm³/mol. The molecule has 8 heteroatoms. The maximum Gasteiger partial charge on any atom is 0.416 e. The number of imidazole rings is 1. The summed E-state index contributed by atoms with van der Waals surface area (Å²) < 4.78 is 79.2. The molecule has 0 bridgehead atoms. The van der Waals surface area contributed by atoms with Crippen LogP contribution in [-0.2, 0) is 12.4 Å². The summed E-state index contributed by atoms with van der Waals surface area (Å²) in [6.07, 6.45) is -7.43. The van der Waals surface area contributed by atoms with E-state index in [1.54, 1.807) is 34.9 Å². The van der Waals surface area contributed by atoms with Gasteiger partial charge in [-0.25, -0.2) is 4.98 Å². The fourth-order valence-corrected chi connectivity index (χ4v) is 3.24. The van der Waals surface area contributed by atoms with Crippen LogP contribution in [0.1, 0.15) is 11.1 Å². The fraction of sp³-hybridized carbons (Fsp3) is 0.0870. The zero-order valence-corrected chi connectivity index (χ0v) is 15.7. The Balaban J connectivity index is 1.84. The molecule has 4 rings (SSSR count). The maximum absolute atomic E-state index is 12.9. The maximum atomic E-state index is 12.9. The number of aromatic nitrogens is 2. The first-order chi connectivity index (χ1) is 14.6. The summed E-state index contributed by atoms with van der Waals surface area (Å²) in [6.45, 7) is 0. The number of para-hydroxylation sites is 1. The van der Waals surface area contributed by atoms with Crippen LogP contribution in [-0.4, -0.2) is 9.55 Å². The van der Waals surface area contributed by atoms with Crippen LogP contribution < -0.4 is 0 Å². The van der Waals surface area contributed by atoms with E-state index in [-0.39, 0.29) is 0 Å². The molecule has 31 heavy (non-hydrogen) atoms. The molecule has 0 saturated heterocycles. The Labute approximate surface area is 173 Å². The van der Waals surface area contributed by atoms with Gasteiger partial charge in [-0.15, -0.1) is 0 Å². The summed E-state index contributed by atoms with van der Waals surface area (Å²) in [4.78, 5) is 4.36. The lowest BCUT2D eigenvalue weighted by molar-refractivity contribution is -0.138. The van der Waals surface area contributed by atoms with Crippen molar-refractivity contribution < 1.29 is 26.3 Å². The minimum atomic E-state index is -4.46. The molecule has 0 aliphatic rings. The molecule has 0 fully saturated rings. The molecule has 4 aromatic rings. The van der Waals surface area contributed by atoms with Gasteiger partial charge in [-0.2, -0.15) is 26.3 Å². The third-order valence-corrected chi connectivity index (χ3v) is 4.75. The molecular weight excluding hydrogens is 418 g/mol. The second-order valence-corrected chi connectivity index (χ2v) is 6.79. The van der Waals surface area contributed by atoms with Crippen molar-refractivity contribution in [1.82, 2.24) is 9.55 Å². The lowest BCUT2D eigenvalue weighted by Crippen LogP contribution is -2.05. The Hall–Kier alpha value is -3.55. The van der Waals surface area contributed by atoms with E-state index >= 15 is 0 Å². The predicted octanol–water partition coefficient (Wildman–Crippen LogP) is 7.24. The summed E-state index contributed by atoms with van der Waals surface area (Å²) >= 11 is 0. The molecule has 0 N–H and O–H groups in total.